The number of carbonyl (C=O) groups is 2. The third-order valence-corrected chi connectivity index (χ3v) is 4.49. The highest BCUT2D eigenvalue weighted by atomic mass is 16.5. The van der Waals surface area contributed by atoms with Crippen LogP contribution >= 0.6 is 0 Å². The van der Waals surface area contributed by atoms with Crippen LogP contribution in [0.4, 0.5) is 0 Å². The highest BCUT2D eigenvalue weighted by molar-refractivity contribution is 5.94. The number of carbonyl (C=O) groups excluding carboxylic acids is 2. The Bertz CT molecular complexity index is 719. The average molecular weight is 342 g/mol. The van der Waals surface area contributed by atoms with Gasteiger partial charge in [0.2, 0.25) is 5.91 Å². The molecule has 7 nitrogen and oxygen atoms in total. The van der Waals surface area contributed by atoms with Gasteiger partial charge in [-0.2, -0.15) is 5.10 Å². The van der Waals surface area contributed by atoms with E-state index in [-0.39, 0.29) is 17.9 Å². The highest BCUT2D eigenvalue weighted by Gasteiger charge is 2.28. The Morgan fingerprint density at radius 3 is 2.28 bits per heavy atom. The summed E-state index contributed by atoms with van der Waals surface area (Å²) in [7, 11) is 1.59. The van der Waals surface area contributed by atoms with Crippen LogP contribution in [0.5, 0.6) is 5.75 Å². The van der Waals surface area contributed by atoms with Crippen LogP contribution in [0.2, 0.25) is 0 Å². The number of aromatic nitrogens is 2. The van der Waals surface area contributed by atoms with Crippen LogP contribution in [0.1, 0.15) is 23.3 Å². The Morgan fingerprint density at radius 2 is 1.72 bits per heavy atom. The van der Waals surface area contributed by atoms with Crippen molar-refractivity contribution in [1.82, 2.24) is 19.6 Å². The largest absolute Gasteiger partial charge is 0.497 e. The first-order valence-corrected chi connectivity index (χ1v) is 8.31. The molecule has 2 heterocycles. The van der Waals surface area contributed by atoms with E-state index in [0.29, 0.717) is 31.7 Å². The fraction of sp³-hybridized carbons (Fsp3) is 0.389. The third-order valence-electron chi connectivity index (χ3n) is 4.49. The molecule has 0 bridgehead atoms. The lowest BCUT2D eigenvalue weighted by Gasteiger charge is -2.36. The van der Waals surface area contributed by atoms with Crippen molar-refractivity contribution >= 4 is 11.8 Å². The van der Waals surface area contributed by atoms with E-state index in [1.807, 2.05) is 6.92 Å². The maximum Gasteiger partial charge on any atom is 0.253 e. The number of methoxy groups -OCH3 is 1. The molecule has 1 fully saturated rings. The molecule has 7 heteroatoms. The zero-order valence-corrected chi connectivity index (χ0v) is 14.5. The van der Waals surface area contributed by atoms with Gasteiger partial charge >= 0.3 is 0 Å². The summed E-state index contributed by atoms with van der Waals surface area (Å²) in [4.78, 5) is 28.7. The molecular weight excluding hydrogens is 320 g/mol. The summed E-state index contributed by atoms with van der Waals surface area (Å²) in [6.45, 7) is 3.97. The molecule has 25 heavy (non-hydrogen) atoms. The van der Waals surface area contributed by atoms with Crippen molar-refractivity contribution < 1.29 is 14.3 Å². The lowest BCUT2D eigenvalue weighted by Crippen LogP contribution is -2.51. The predicted octanol–water partition coefficient (Wildman–Crippen LogP) is 1.44. The standard InChI is InChI=1S/C18H22N4O3/c1-14(22-9-3-8-19-22)17(23)20-10-12-21(13-11-20)18(24)15-4-6-16(25-2)7-5-15/h3-9,14H,10-13H2,1-2H3. The minimum Gasteiger partial charge on any atom is -0.497 e. The molecule has 0 N–H and O–H groups in total. The minimum atomic E-state index is -0.334. The molecular formula is C18H22N4O3. The van der Waals surface area contributed by atoms with Gasteiger partial charge in [0.15, 0.2) is 0 Å². The summed E-state index contributed by atoms with van der Waals surface area (Å²) < 4.78 is 6.76. The Balaban J connectivity index is 1.57. The van der Waals surface area contributed by atoms with Gasteiger partial charge in [-0.15, -0.1) is 0 Å². The molecule has 1 saturated heterocycles. The van der Waals surface area contributed by atoms with E-state index in [9.17, 15) is 9.59 Å². The minimum absolute atomic E-state index is 0.0186. The van der Waals surface area contributed by atoms with Crippen molar-refractivity contribution in [1.29, 1.82) is 0 Å². The van der Waals surface area contributed by atoms with Crippen LogP contribution in [0.25, 0.3) is 0 Å². The highest BCUT2D eigenvalue weighted by Crippen LogP contribution is 2.16. The molecule has 0 radical (unpaired) electrons. The molecule has 0 spiro atoms. The molecule has 1 unspecified atom stereocenters. The van der Waals surface area contributed by atoms with E-state index in [1.54, 1.807) is 64.3 Å². The van der Waals surface area contributed by atoms with Crippen LogP contribution < -0.4 is 4.74 Å². The van der Waals surface area contributed by atoms with Crippen LogP contribution in [0.15, 0.2) is 42.7 Å². The number of ether oxygens (including phenoxy) is 1. The molecule has 2 amide bonds. The number of nitrogens with zero attached hydrogens (tertiary/aromatic N) is 4. The van der Waals surface area contributed by atoms with E-state index >= 15 is 0 Å². The van der Waals surface area contributed by atoms with Crippen molar-refractivity contribution in [2.45, 2.75) is 13.0 Å². The van der Waals surface area contributed by atoms with Crippen LogP contribution in [0.3, 0.4) is 0 Å². The molecule has 1 aliphatic heterocycles. The fourth-order valence-electron chi connectivity index (χ4n) is 2.93. The SMILES string of the molecule is COc1ccc(C(=O)N2CCN(C(=O)C(C)n3cccn3)CC2)cc1. The predicted molar refractivity (Wildman–Crippen MR) is 92.4 cm³/mol. The Morgan fingerprint density at radius 1 is 1.08 bits per heavy atom. The summed E-state index contributed by atoms with van der Waals surface area (Å²) in [6, 6.07) is 8.54. The number of piperazine rings is 1. The van der Waals surface area contributed by atoms with Gasteiger partial charge < -0.3 is 14.5 Å². The van der Waals surface area contributed by atoms with Gasteiger partial charge in [0.05, 0.1) is 7.11 Å². The zero-order chi connectivity index (χ0) is 17.8. The molecule has 1 aliphatic rings. The van der Waals surface area contributed by atoms with Gasteiger partial charge in [-0.3, -0.25) is 14.3 Å². The van der Waals surface area contributed by atoms with Crippen molar-refractivity contribution in [3.8, 4) is 5.75 Å². The molecule has 3 rings (SSSR count). The van der Waals surface area contributed by atoms with Crippen molar-refractivity contribution in [2.24, 2.45) is 0 Å². The first kappa shape index (κ1) is 17.0. The van der Waals surface area contributed by atoms with Gasteiger partial charge in [0, 0.05) is 44.1 Å². The molecule has 1 atom stereocenters. The number of amides is 2. The lowest BCUT2D eigenvalue weighted by atomic mass is 10.1. The van der Waals surface area contributed by atoms with Gasteiger partial charge in [0.1, 0.15) is 11.8 Å². The van der Waals surface area contributed by atoms with Crippen LogP contribution in [-0.4, -0.2) is 64.7 Å². The molecule has 0 saturated carbocycles. The van der Waals surface area contributed by atoms with E-state index in [2.05, 4.69) is 5.10 Å². The van der Waals surface area contributed by atoms with Gasteiger partial charge in [-0.25, -0.2) is 0 Å². The van der Waals surface area contributed by atoms with Crippen LogP contribution in [-0.2, 0) is 4.79 Å². The van der Waals surface area contributed by atoms with E-state index < -0.39 is 0 Å². The summed E-state index contributed by atoms with van der Waals surface area (Å²) in [5, 5.41) is 4.12. The molecule has 132 valence electrons. The number of hydrogen-bond acceptors (Lipinski definition) is 4. The Hall–Kier alpha value is -2.83. The lowest BCUT2D eigenvalue weighted by molar-refractivity contribution is -0.136. The van der Waals surface area contributed by atoms with Crippen molar-refractivity contribution in [2.75, 3.05) is 33.3 Å². The first-order valence-electron chi connectivity index (χ1n) is 8.31. The molecule has 1 aromatic heterocycles. The molecule has 1 aromatic carbocycles. The zero-order valence-electron chi connectivity index (χ0n) is 14.5. The summed E-state index contributed by atoms with van der Waals surface area (Å²) >= 11 is 0. The normalized spacial score (nSPS) is 15.8. The third kappa shape index (κ3) is 3.65. The van der Waals surface area contributed by atoms with Gasteiger partial charge in [-0.05, 0) is 37.3 Å². The fourth-order valence-corrected chi connectivity index (χ4v) is 2.93. The number of hydrogen-bond donors (Lipinski definition) is 0. The first-order chi connectivity index (χ1) is 12.1. The van der Waals surface area contributed by atoms with Gasteiger partial charge in [0.25, 0.3) is 5.91 Å². The van der Waals surface area contributed by atoms with Crippen LogP contribution in [0, 0.1) is 0 Å². The van der Waals surface area contributed by atoms with Gasteiger partial charge in [-0.1, -0.05) is 0 Å². The van der Waals surface area contributed by atoms with Crippen molar-refractivity contribution in [3.05, 3.63) is 48.3 Å². The second kappa shape index (κ2) is 7.38. The maximum absolute atomic E-state index is 12.6. The van der Waals surface area contributed by atoms with E-state index in [0.717, 1.165) is 5.75 Å². The quantitative estimate of drug-likeness (QED) is 0.843. The van der Waals surface area contributed by atoms with E-state index in [1.165, 1.54) is 0 Å². The maximum atomic E-state index is 12.6. The second-order valence-corrected chi connectivity index (χ2v) is 6.01. The molecule has 0 aliphatic carbocycles. The van der Waals surface area contributed by atoms with Crippen molar-refractivity contribution in [3.63, 3.8) is 0 Å². The monoisotopic (exact) mass is 342 g/mol. The average Bonchev–Trinajstić information content (AvgIpc) is 3.21. The number of benzene rings is 1. The summed E-state index contributed by atoms with van der Waals surface area (Å²) in [6.07, 6.45) is 3.45. The Kier molecular flexibility index (Phi) is 5.02. The smallest absolute Gasteiger partial charge is 0.253 e. The Labute approximate surface area is 146 Å². The topological polar surface area (TPSA) is 67.7 Å². The number of rotatable bonds is 4. The summed E-state index contributed by atoms with van der Waals surface area (Å²) in [5.74, 6) is 0.731. The summed E-state index contributed by atoms with van der Waals surface area (Å²) in [5.41, 5.74) is 0.630. The van der Waals surface area contributed by atoms with E-state index in [4.69, 9.17) is 4.74 Å². The molecule has 2 aromatic rings. The second-order valence-electron chi connectivity index (χ2n) is 6.01.